The first kappa shape index (κ1) is 14.5. The summed E-state index contributed by atoms with van der Waals surface area (Å²) < 4.78 is 0. The highest BCUT2D eigenvalue weighted by atomic mass is 16.2. The second kappa shape index (κ2) is 6.39. The molecule has 1 amide bonds. The maximum atomic E-state index is 12.1. The van der Waals surface area contributed by atoms with Crippen LogP contribution in [0.3, 0.4) is 0 Å². The maximum absolute atomic E-state index is 12.1. The Morgan fingerprint density at radius 3 is 2.71 bits per heavy atom. The van der Waals surface area contributed by atoms with Crippen molar-refractivity contribution < 1.29 is 4.79 Å². The van der Waals surface area contributed by atoms with Crippen LogP contribution in [0.5, 0.6) is 0 Å². The third-order valence-electron chi connectivity index (χ3n) is 4.38. The van der Waals surface area contributed by atoms with E-state index >= 15 is 0 Å². The molecule has 3 N–H and O–H groups in total. The van der Waals surface area contributed by atoms with Crippen molar-refractivity contribution in [3.8, 4) is 0 Å². The van der Waals surface area contributed by atoms with E-state index in [0.717, 1.165) is 18.9 Å². The molecule has 1 aliphatic carbocycles. The first-order chi connectivity index (χ1) is 8.01. The van der Waals surface area contributed by atoms with Crippen molar-refractivity contribution in [2.45, 2.75) is 52.9 Å². The molecule has 3 heteroatoms. The summed E-state index contributed by atoms with van der Waals surface area (Å²) in [7, 11) is 0. The van der Waals surface area contributed by atoms with Gasteiger partial charge in [0.2, 0.25) is 5.91 Å². The zero-order chi connectivity index (χ0) is 12.9. The monoisotopic (exact) mass is 240 g/mol. The summed E-state index contributed by atoms with van der Waals surface area (Å²) in [4.78, 5) is 12.1. The fourth-order valence-electron chi connectivity index (χ4n) is 2.59. The Hall–Kier alpha value is -0.570. The van der Waals surface area contributed by atoms with Crippen molar-refractivity contribution in [2.75, 3.05) is 13.1 Å². The summed E-state index contributed by atoms with van der Waals surface area (Å²) in [6.07, 6.45) is 5.97. The topological polar surface area (TPSA) is 55.1 Å². The molecule has 0 bridgehead atoms. The summed E-state index contributed by atoms with van der Waals surface area (Å²) in [5.41, 5.74) is 5.30. The predicted molar refractivity (Wildman–Crippen MR) is 71.6 cm³/mol. The highest BCUT2D eigenvalue weighted by Gasteiger charge is 2.30. The fraction of sp³-hybridized carbons (Fsp3) is 0.929. The fourth-order valence-corrected chi connectivity index (χ4v) is 2.59. The normalized spacial score (nSPS) is 28.5. The van der Waals surface area contributed by atoms with Crippen LogP contribution >= 0.6 is 0 Å². The lowest BCUT2D eigenvalue weighted by Crippen LogP contribution is -2.45. The molecule has 1 fully saturated rings. The average Bonchev–Trinajstić information content (AvgIpc) is 2.35. The van der Waals surface area contributed by atoms with Gasteiger partial charge in [-0.25, -0.2) is 0 Å². The molecule has 0 aromatic carbocycles. The Morgan fingerprint density at radius 2 is 2.18 bits per heavy atom. The van der Waals surface area contributed by atoms with Crippen LogP contribution in [0, 0.1) is 17.3 Å². The zero-order valence-electron chi connectivity index (χ0n) is 11.6. The van der Waals surface area contributed by atoms with E-state index in [-0.39, 0.29) is 11.3 Å². The number of nitrogens with one attached hydrogen (secondary N) is 1. The van der Waals surface area contributed by atoms with Gasteiger partial charge >= 0.3 is 0 Å². The van der Waals surface area contributed by atoms with Crippen molar-refractivity contribution >= 4 is 5.91 Å². The summed E-state index contributed by atoms with van der Waals surface area (Å²) in [5.74, 6) is 1.61. The van der Waals surface area contributed by atoms with Crippen molar-refractivity contribution in [3.63, 3.8) is 0 Å². The van der Waals surface area contributed by atoms with Crippen LogP contribution in [-0.4, -0.2) is 19.0 Å². The number of carbonyl (C=O) groups excluding carboxylic acids is 1. The number of nitrogens with two attached hydrogens (primary N) is 1. The summed E-state index contributed by atoms with van der Waals surface area (Å²) >= 11 is 0. The van der Waals surface area contributed by atoms with Crippen LogP contribution in [0.1, 0.15) is 52.9 Å². The molecule has 3 atom stereocenters. The van der Waals surface area contributed by atoms with Gasteiger partial charge in [-0.3, -0.25) is 4.79 Å². The predicted octanol–water partition coefficient (Wildman–Crippen LogP) is 2.30. The molecule has 100 valence electrons. The van der Waals surface area contributed by atoms with Crippen LogP contribution in [-0.2, 0) is 4.79 Å². The van der Waals surface area contributed by atoms with Crippen molar-refractivity contribution in [1.82, 2.24) is 5.32 Å². The minimum absolute atomic E-state index is 0.126. The Morgan fingerprint density at radius 1 is 1.47 bits per heavy atom. The number of hydrogen-bond donors (Lipinski definition) is 2. The second-order valence-electron chi connectivity index (χ2n) is 5.97. The van der Waals surface area contributed by atoms with Crippen LogP contribution in [0.15, 0.2) is 0 Å². The van der Waals surface area contributed by atoms with Crippen LogP contribution in [0.25, 0.3) is 0 Å². The smallest absolute Gasteiger partial charge is 0.227 e. The highest BCUT2D eigenvalue weighted by Crippen LogP contribution is 2.28. The molecule has 0 heterocycles. The van der Waals surface area contributed by atoms with Gasteiger partial charge in [-0.1, -0.05) is 26.7 Å². The summed E-state index contributed by atoms with van der Waals surface area (Å²) in [6.45, 7) is 7.54. The molecule has 1 saturated carbocycles. The van der Waals surface area contributed by atoms with Gasteiger partial charge in [0.05, 0.1) is 5.41 Å². The minimum atomic E-state index is -0.389. The van der Waals surface area contributed by atoms with E-state index in [4.69, 9.17) is 5.73 Å². The summed E-state index contributed by atoms with van der Waals surface area (Å²) in [5, 5.41) is 3.10. The highest BCUT2D eigenvalue weighted by molar-refractivity contribution is 5.82. The van der Waals surface area contributed by atoms with E-state index in [1.54, 1.807) is 0 Å². The zero-order valence-corrected chi connectivity index (χ0v) is 11.6. The van der Waals surface area contributed by atoms with Gasteiger partial charge in [-0.05, 0) is 38.0 Å². The third kappa shape index (κ3) is 3.98. The second-order valence-corrected chi connectivity index (χ2v) is 5.97. The van der Waals surface area contributed by atoms with E-state index < -0.39 is 0 Å². The van der Waals surface area contributed by atoms with Crippen LogP contribution in [0.2, 0.25) is 0 Å². The van der Waals surface area contributed by atoms with Gasteiger partial charge in [0, 0.05) is 13.1 Å². The molecule has 1 rings (SSSR count). The van der Waals surface area contributed by atoms with Gasteiger partial charge < -0.3 is 11.1 Å². The number of hydrogen-bond acceptors (Lipinski definition) is 2. The Balaban J connectivity index is 2.37. The van der Waals surface area contributed by atoms with E-state index in [2.05, 4.69) is 12.2 Å². The molecular weight excluding hydrogens is 212 g/mol. The minimum Gasteiger partial charge on any atom is -0.355 e. The van der Waals surface area contributed by atoms with Gasteiger partial charge in [-0.2, -0.15) is 0 Å². The largest absolute Gasteiger partial charge is 0.355 e. The summed E-state index contributed by atoms with van der Waals surface area (Å²) in [6, 6.07) is 0. The third-order valence-corrected chi connectivity index (χ3v) is 4.38. The van der Waals surface area contributed by atoms with Gasteiger partial charge in [0.25, 0.3) is 0 Å². The van der Waals surface area contributed by atoms with E-state index in [1.807, 2.05) is 13.8 Å². The van der Waals surface area contributed by atoms with Crippen LogP contribution < -0.4 is 11.1 Å². The molecule has 0 aliphatic heterocycles. The number of amides is 1. The molecule has 3 unspecified atom stereocenters. The van der Waals surface area contributed by atoms with Gasteiger partial charge in [-0.15, -0.1) is 0 Å². The molecule has 17 heavy (non-hydrogen) atoms. The molecule has 0 saturated heterocycles. The van der Waals surface area contributed by atoms with Crippen LogP contribution in [0.4, 0.5) is 0 Å². The first-order valence-electron chi connectivity index (χ1n) is 7.00. The van der Waals surface area contributed by atoms with Crippen molar-refractivity contribution in [3.05, 3.63) is 0 Å². The van der Waals surface area contributed by atoms with E-state index in [9.17, 15) is 4.79 Å². The quantitative estimate of drug-likeness (QED) is 0.774. The lowest BCUT2D eigenvalue weighted by Gasteiger charge is -2.29. The van der Waals surface area contributed by atoms with E-state index in [1.165, 1.54) is 25.7 Å². The molecule has 0 aromatic heterocycles. The van der Waals surface area contributed by atoms with Crippen molar-refractivity contribution in [2.24, 2.45) is 23.0 Å². The molecule has 0 spiro atoms. The Kier molecular flexibility index (Phi) is 5.44. The van der Waals surface area contributed by atoms with Gasteiger partial charge in [0.1, 0.15) is 0 Å². The Labute approximate surface area is 106 Å². The maximum Gasteiger partial charge on any atom is 0.227 e. The van der Waals surface area contributed by atoms with E-state index in [0.29, 0.717) is 12.5 Å². The average molecular weight is 240 g/mol. The molecule has 0 radical (unpaired) electrons. The molecule has 1 aliphatic rings. The Bertz CT molecular complexity index is 249. The molecular formula is C14H28N2O. The van der Waals surface area contributed by atoms with Crippen molar-refractivity contribution in [1.29, 1.82) is 0 Å². The van der Waals surface area contributed by atoms with Gasteiger partial charge in [0.15, 0.2) is 0 Å². The number of carbonyl (C=O) groups is 1. The lowest BCUT2D eigenvalue weighted by molar-refractivity contribution is -0.130. The number of rotatable bonds is 5. The SMILES string of the molecule is CCC(C)(CN)C(=O)NCC1CCCC(C)C1. The lowest BCUT2D eigenvalue weighted by atomic mass is 9.82. The molecule has 3 nitrogen and oxygen atoms in total. The first-order valence-corrected chi connectivity index (χ1v) is 7.00. The standard InChI is InChI=1S/C14H28N2O/c1-4-14(3,10-15)13(17)16-9-12-7-5-6-11(2)8-12/h11-12H,4-10,15H2,1-3H3,(H,16,17). The molecule has 0 aromatic rings.